The Morgan fingerprint density at radius 1 is 1.06 bits per heavy atom. The minimum Gasteiger partial charge on any atom is -0.481 e. The van der Waals surface area contributed by atoms with Crippen LogP contribution in [-0.4, -0.2) is 40.5 Å². The molecule has 5 nitrogen and oxygen atoms in total. The predicted octanol–water partition coefficient (Wildman–Crippen LogP) is 5.28. The van der Waals surface area contributed by atoms with Crippen molar-refractivity contribution in [3.63, 3.8) is 0 Å². The van der Waals surface area contributed by atoms with Crippen molar-refractivity contribution in [2.75, 3.05) is 11.4 Å². The van der Waals surface area contributed by atoms with Gasteiger partial charge in [0.25, 0.3) is 5.91 Å². The van der Waals surface area contributed by atoms with Crippen LogP contribution in [0.4, 0.5) is 5.69 Å². The Bertz CT molecular complexity index is 910. The Morgan fingerprint density at radius 3 is 2.45 bits per heavy atom. The van der Waals surface area contributed by atoms with Crippen molar-refractivity contribution in [2.45, 2.75) is 70.0 Å². The third kappa shape index (κ3) is 4.82. The van der Waals surface area contributed by atoms with Crippen LogP contribution in [0, 0.1) is 0 Å². The largest absolute Gasteiger partial charge is 0.481 e. The molecule has 1 saturated carbocycles. The Kier molecular flexibility index (Phi) is 6.71. The van der Waals surface area contributed by atoms with Crippen LogP contribution in [0.15, 0.2) is 54.6 Å². The van der Waals surface area contributed by atoms with Crippen molar-refractivity contribution in [1.82, 2.24) is 4.90 Å². The van der Waals surface area contributed by atoms with Crippen molar-refractivity contribution >= 4 is 17.6 Å². The Morgan fingerprint density at radius 2 is 1.77 bits per heavy atom. The first-order valence-electron chi connectivity index (χ1n) is 11.5. The third-order valence-corrected chi connectivity index (χ3v) is 6.50. The lowest BCUT2D eigenvalue weighted by molar-refractivity contribution is -0.137. The minimum absolute atomic E-state index is 0.0637. The standard InChI is InChI=1S/C26H32N2O3/c1-2-9-21-18-24(27(20-15-16-20)17-8-14-25(29)30)22-12-6-7-13-23(22)28(21)26(31)19-10-4-3-5-11-19/h3-7,10-13,20-21,24H,2,8-9,14-18H2,1H3,(H,29,30)/t21-,24?/m0/s1. The molecule has 164 valence electrons. The van der Waals surface area contributed by atoms with Crippen LogP contribution >= 0.6 is 0 Å². The summed E-state index contributed by atoms with van der Waals surface area (Å²) in [5.74, 6) is -0.669. The molecule has 4 rings (SSSR count). The van der Waals surface area contributed by atoms with E-state index in [1.165, 1.54) is 18.4 Å². The van der Waals surface area contributed by atoms with Crippen LogP contribution in [0.5, 0.6) is 0 Å². The highest BCUT2D eigenvalue weighted by Crippen LogP contribution is 2.45. The van der Waals surface area contributed by atoms with E-state index in [-0.39, 0.29) is 24.4 Å². The molecule has 1 fully saturated rings. The highest BCUT2D eigenvalue weighted by molar-refractivity contribution is 6.07. The summed E-state index contributed by atoms with van der Waals surface area (Å²) in [4.78, 5) is 29.2. The fourth-order valence-electron chi connectivity index (χ4n) is 4.98. The highest BCUT2D eigenvalue weighted by atomic mass is 16.4. The number of benzene rings is 2. The maximum Gasteiger partial charge on any atom is 0.303 e. The van der Waals surface area contributed by atoms with Gasteiger partial charge in [-0.25, -0.2) is 0 Å². The summed E-state index contributed by atoms with van der Waals surface area (Å²) in [7, 11) is 0. The summed E-state index contributed by atoms with van der Waals surface area (Å²) in [5, 5.41) is 9.10. The number of carboxylic acids is 1. The van der Waals surface area contributed by atoms with Gasteiger partial charge < -0.3 is 10.0 Å². The minimum atomic E-state index is -0.733. The van der Waals surface area contributed by atoms with Crippen LogP contribution in [0.3, 0.4) is 0 Å². The Hall–Kier alpha value is -2.66. The van der Waals surface area contributed by atoms with E-state index < -0.39 is 5.97 Å². The number of carboxylic acid groups (broad SMARTS) is 1. The predicted molar refractivity (Wildman–Crippen MR) is 122 cm³/mol. The molecule has 1 unspecified atom stereocenters. The molecule has 5 heteroatoms. The number of nitrogens with zero attached hydrogens (tertiary/aromatic N) is 2. The van der Waals surface area contributed by atoms with Gasteiger partial charge in [0.15, 0.2) is 0 Å². The molecule has 31 heavy (non-hydrogen) atoms. The number of anilines is 1. The fraction of sp³-hybridized carbons (Fsp3) is 0.462. The highest BCUT2D eigenvalue weighted by Gasteiger charge is 2.42. The molecule has 1 aliphatic heterocycles. The zero-order valence-electron chi connectivity index (χ0n) is 18.2. The first kappa shape index (κ1) is 21.6. The SMILES string of the molecule is CCC[C@H]1CC(N(CCCC(=O)O)C2CC2)c2ccccc2N1C(=O)c1ccccc1. The van der Waals surface area contributed by atoms with Crippen molar-refractivity contribution in [3.8, 4) is 0 Å². The average Bonchev–Trinajstić information content (AvgIpc) is 3.62. The lowest BCUT2D eigenvalue weighted by atomic mass is 9.87. The molecule has 2 aliphatic rings. The molecule has 0 spiro atoms. The van der Waals surface area contributed by atoms with E-state index in [1.807, 2.05) is 41.3 Å². The summed E-state index contributed by atoms with van der Waals surface area (Å²) in [6.07, 6.45) is 6.09. The lowest BCUT2D eigenvalue weighted by Gasteiger charge is -2.45. The smallest absolute Gasteiger partial charge is 0.303 e. The fourth-order valence-corrected chi connectivity index (χ4v) is 4.98. The summed E-state index contributed by atoms with van der Waals surface area (Å²) >= 11 is 0. The van der Waals surface area contributed by atoms with Gasteiger partial charge in [-0.3, -0.25) is 14.5 Å². The van der Waals surface area contributed by atoms with Crippen molar-refractivity contribution in [2.24, 2.45) is 0 Å². The summed E-state index contributed by atoms with van der Waals surface area (Å²) in [6, 6.07) is 18.7. The molecular weight excluding hydrogens is 388 g/mol. The number of amides is 1. The van der Waals surface area contributed by atoms with E-state index >= 15 is 0 Å². The van der Waals surface area contributed by atoms with Crippen LogP contribution in [-0.2, 0) is 4.79 Å². The maximum atomic E-state index is 13.6. The second-order valence-electron chi connectivity index (χ2n) is 8.76. The molecule has 2 aromatic carbocycles. The van der Waals surface area contributed by atoms with Gasteiger partial charge >= 0.3 is 5.97 Å². The molecule has 0 aromatic heterocycles. The molecule has 1 aliphatic carbocycles. The third-order valence-electron chi connectivity index (χ3n) is 6.50. The van der Waals surface area contributed by atoms with Gasteiger partial charge in [0.2, 0.25) is 0 Å². The Labute approximate surface area is 184 Å². The van der Waals surface area contributed by atoms with E-state index in [0.717, 1.165) is 37.1 Å². The molecule has 0 radical (unpaired) electrons. The number of aliphatic carboxylic acids is 1. The van der Waals surface area contributed by atoms with Crippen molar-refractivity contribution in [1.29, 1.82) is 0 Å². The zero-order valence-corrected chi connectivity index (χ0v) is 18.2. The molecule has 2 atom stereocenters. The summed E-state index contributed by atoms with van der Waals surface area (Å²) in [6.45, 7) is 2.97. The average molecular weight is 421 g/mol. The molecule has 1 heterocycles. The molecule has 0 bridgehead atoms. The van der Waals surface area contributed by atoms with Gasteiger partial charge in [0.05, 0.1) is 0 Å². The normalized spacial score (nSPS) is 20.5. The van der Waals surface area contributed by atoms with Gasteiger partial charge in [-0.1, -0.05) is 49.7 Å². The van der Waals surface area contributed by atoms with E-state index in [2.05, 4.69) is 30.0 Å². The van der Waals surface area contributed by atoms with E-state index in [1.54, 1.807) is 0 Å². The van der Waals surface area contributed by atoms with Crippen LogP contribution in [0.2, 0.25) is 0 Å². The van der Waals surface area contributed by atoms with Gasteiger partial charge in [-0.05, 0) is 62.4 Å². The van der Waals surface area contributed by atoms with Crippen LogP contribution in [0.1, 0.15) is 73.8 Å². The monoisotopic (exact) mass is 420 g/mol. The lowest BCUT2D eigenvalue weighted by Crippen LogP contribution is -2.48. The number of carbonyl (C=O) groups is 2. The Balaban J connectivity index is 1.68. The number of fused-ring (bicyclic) bond motifs is 1. The first-order valence-corrected chi connectivity index (χ1v) is 11.5. The van der Waals surface area contributed by atoms with Gasteiger partial charge in [-0.2, -0.15) is 0 Å². The summed E-state index contributed by atoms with van der Waals surface area (Å²) in [5.41, 5.74) is 2.92. The van der Waals surface area contributed by atoms with E-state index in [0.29, 0.717) is 12.5 Å². The number of para-hydroxylation sites is 1. The number of rotatable bonds is 9. The van der Waals surface area contributed by atoms with Gasteiger partial charge in [0, 0.05) is 35.8 Å². The summed E-state index contributed by atoms with van der Waals surface area (Å²) < 4.78 is 0. The molecule has 2 aromatic rings. The molecule has 0 saturated heterocycles. The topological polar surface area (TPSA) is 60.9 Å². The van der Waals surface area contributed by atoms with Crippen LogP contribution in [0.25, 0.3) is 0 Å². The zero-order chi connectivity index (χ0) is 21.8. The number of hydrogen-bond donors (Lipinski definition) is 1. The van der Waals surface area contributed by atoms with Crippen LogP contribution < -0.4 is 4.90 Å². The number of carbonyl (C=O) groups excluding carboxylic acids is 1. The van der Waals surface area contributed by atoms with Gasteiger partial charge in [-0.15, -0.1) is 0 Å². The molecule has 1 amide bonds. The van der Waals surface area contributed by atoms with Crippen molar-refractivity contribution in [3.05, 3.63) is 65.7 Å². The second kappa shape index (κ2) is 9.65. The number of hydrogen-bond acceptors (Lipinski definition) is 3. The quantitative estimate of drug-likeness (QED) is 0.600. The maximum absolute atomic E-state index is 13.6. The second-order valence-corrected chi connectivity index (χ2v) is 8.76. The van der Waals surface area contributed by atoms with Gasteiger partial charge in [0.1, 0.15) is 0 Å². The molecule has 1 N–H and O–H groups in total. The first-order chi connectivity index (χ1) is 15.1. The molecular formula is C26H32N2O3. The van der Waals surface area contributed by atoms with E-state index in [4.69, 9.17) is 5.11 Å². The van der Waals surface area contributed by atoms with E-state index in [9.17, 15) is 9.59 Å². The van der Waals surface area contributed by atoms with Crippen molar-refractivity contribution < 1.29 is 14.7 Å².